The van der Waals surface area contributed by atoms with Crippen molar-refractivity contribution >= 4 is 110 Å². The molecule has 1 unspecified atom stereocenters. The number of carbonyl (C=O) groups is 7. The van der Waals surface area contributed by atoms with Crippen molar-refractivity contribution < 1.29 is 43.4 Å². The summed E-state index contributed by atoms with van der Waals surface area (Å²) in [6.07, 6.45) is 0.739. The van der Waals surface area contributed by atoms with Gasteiger partial charge in [0.25, 0.3) is 11.8 Å². The number of halogens is 4. The quantitative estimate of drug-likeness (QED) is 0.0392. The number of hydrogen-bond donors (Lipinski definition) is 9. The molecule has 2 aliphatic heterocycles. The Morgan fingerprint density at radius 1 is 0.746 bits per heavy atom. The standard InChI is InChI=1S/C49H63Cl4N9O9/c1-48(2,3)21-36(60-42(65)33-19-26-28(50)11-13-30(52)38(26)56-33)44(67)58-32(40(54)63)18-25-10-8-16-62(46(25)69)23-49(4,5)22-37(61-43(66)34-20-27-29(51)12-14-31(53)39(27)57-34)45(68)59-35(47(70)71-6)17-24-9-7-15-55-41(24)64/h11-14,19-20,24-25,32,35-37,40,56-57,63H,7-10,15-18,21-23,54H2,1-6H3,(H,55,64)(H,58,67)(H,59,68)(H,60,65)(H,61,66)/t24-,25-,32-,35-,36-,37-,40?/m0/s1. The van der Waals surface area contributed by atoms with Crippen molar-refractivity contribution in [2.75, 3.05) is 26.7 Å². The van der Waals surface area contributed by atoms with E-state index in [4.69, 9.17) is 56.9 Å². The zero-order valence-electron chi connectivity index (χ0n) is 40.5. The summed E-state index contributed by atoms with van der Waals surface area (Å²) in [7, 11) is 1.18. The minimum Gasteiger partial charge on any atom is -0.467 e. The predicted molar refractivity (Wildman–Crippen MR) is 272 cm³/mol. The van der Waals surface area contributed by atoms with Crippen molar-refractivity contribution in [1.29, 1.82) is 0 Å². The van der Waals surface area contributed by atoms with Crippen molar-refractivity contribution in [3.8, 4) is 0 Å². The van der Waals surface area contributed by atoms with Crippen molar-refractivity contribution in [2.45, 2.75) is 116 Å². The van der Waals surface area contributed by atoms with E-state index >= 15 is 0 Å². The van der Waals surface area contributed by atoms with Crippen LogP contribution in [0.4, 0.5) is 0 Å². The molecule has 0 aliphatic carbocycles. The number of piperidine rings is 2. The highest BCUT2D eigenvalue weighted by Crippen LogP contribution is 2.34. The topological polar surface area (TPSA) is 270 Å². The number of benzene rings is 2. The summed E-state index contributed by atoms with van der Waals surface area (Å²) < 4.78 is 5.02. The molecule has 4 aromatic rings. The molecule has 4 heterocycles. The fourth-order valence-electron chi connectivity index (χ4n) is 9.43. The molecule has 2 fully saturated rings. The second-order valence-corrected chi connectivity index (χ2v) is 22.2. The van der Waals surface area contributed by atoms with Crippen LogP contribution in [0.3, 0.4) is 0 Å². The first-order valence-electron chi connectivity index (χ1n) is 23.6. The van der Waals surface area contributed by atoms with Gasteiger partial charge in [0.05, 0.1) is 44.3 Å². The lowest BCUT2D eigenvalue weighted by molar-refractivity contribution is -0.146. The van der Waals surface area contributed by atoms with E-state index in [1.54, 1.807) is 35.2 Å². The maximum Gasteiger partial charge on any atom is 0.328 e. The van der Waals surface area contributed by atoms with E-state index in [-0.39, 0.29) is 55.4 Å². The minimum absolute atomic E-state index is 0.0259. The highest BCUT2D eigenvalue weighted by molar-refractivity contribution is 6.41. The van der Waals surface area contributed by atoms with Crippen LogP contribution in [0.5, 0.6) is 0 Å². The third-order valence-electron chi connectivity index (χ3n) is 12.9. The normalized spacial score (nSPS) is 18.8. The molecule has 2 aromatic heterocycles. The Balaban J connectivity index is 1.17. The molecule has 2 aliphatic rings. The largest absolute Gasteiger partial charge is 0.467 e. The first-order valence-corrected chi connectivity index (χ1v) is 25.1. The molecule has 2 aromatic carbocycles. The number of esters is 1. The van der Waals surface area contributed by atoms with Gasteiger partial charge in [-0.25, -0.2) is 4.79 Å². The number of aliphatic hydroxyl groups excluding tert-OH is 1. The third kappa shape index (κ3) is 14.1. The number of aromatic amines is 2. The monoisotopic (exact) mass is 1060 g/mol. The van der Waals surface area contributed by atoms with Gasteiger partial charge < -0.3 is 57.0 Å². The fourth-order valence-corrected chi connectivity index (χ4v) is 10.3. The van der Waals surface area contributed by atoms with Crippen molar-refractivity contribution in [1.82, 2.24) is 41.5 Å². The van der Waals surface area contributed by atoms with Gasteiger partial charge in [0, 0.05) is 42.2 Å². The number of fused-ring (bicyclic) bond motifs is 2. The molecule has 6 amide bonds. The molecule has 386 valence electrons. The van der Waals surface area contributed by atoms with Gasteiger partial charge in [-0.1, -0.05) is 81.0 Å². The zero-order valence-corrected chi connectivity index (χ0v) is 43.6. The van der Waals surface area contributed by atoms with E-state index in [0.29, 0.717) is 80.7 Å². The summed E-state index contributed by atoms with van der Waals surface area (Å²) in [4.78, 5) is 104. The Kier molecular flexibility index (Phi) is 18.0. The summed E-state index contributed by atoms with van der Waals surface area (Å²) >= 11 is 25.5. The summed E-state index contributed by atoms with van der Waals surface area (Å²) in [5, 5.41) is 27.2. The van der Waals surface area contributed by atoms with Crippen molar-refractivity contribution in [2.24, 2.45) is 28.4 Å². The first kappa shape index (κ1) is 55.2. The maximum absolute atomic E-state index is 14.3. The number of H-pyrrole nitrogens is 2. The molecule has 0 radical (unpaired) electrons. The second-order valence-electron chi connectivity index (χ2n) is 20.6. The van der Waals surface area contributed by atoms with E-state index < -0.39 is 82.7 Å². The lowest BCUT2D eigenvalue weighted by Gasteiger charge is -2.40. The number of carbonyl (C=O) groups excluding carboxylic acids is 7. The number of rotatable bonds is 19. The van der Waals surface area contributed by atoms with Gasteiger partial charge in [-0.2, -0.15) is 0 Å². The van der Waals surface area contributed by atoms with Crippen LogP contribution in [-0.4, -0.2) is 119 Å². The Morgan fingerprint density at radius 3 is 1.77 bits per heavy atom. The number of ether oxygens (including phenoxy) is 1. The molecular formula is C49H63Cl4N9O9. The van der Waals surface area contributed by atoms with Crippen molar-refractivity contribution in [3.05, 3.63) is 67.9 Å². The van der Waals surface area contributed by atoms with E-state index in [0.717, 1.165) is 0 Å². The number of aromatic nitrogens is 2. The van der Waals surface area contributed by atoms with Gasteiger partial charge in [0.2, 0.25) is 23.6 Å². The predicted octanol–water partition coefficient (Wildman–Crippen LogP) is 5.98. The number of nitrogens with one attached hydrogen (secondary N) is 7. The molecule has 0 bridgehead atoms. The number of likely N-dealkylation sites (tertiary alicyclic amines) is 1. The van der Waals surface area contributed by atoms with E-state index in [2.05, 4.69) is 36.6 Å². The highest BCUT2D eigenvalue weighted by Gasteiger charge is 2.40. The van der Waals surface area contributed by atoms with Crippen LogP contribution in [0.15, 0.2) is 36.4 Å². The summed E-state index contributed by atoms with van der Waals surface area (Å²) in [5.74, 6) is -5.12. The summed E-state index contributed by atoms with van der Waals surface area (Å²) in [6.45, 7) is 10.4. The number of aliphatic hydroxyl groups is 1. The maximum atomic E-state index is 14.3. The zero-order chi connectivity index (χ0) is 52.1. The first-order chi connectivity index (χ1) is 33.3. The molecule has 7 atom stereocenters. The molecule has 0 saturated carbocycles. The molecule has 22 heteroatoms. The van der Waals surface area contributed by atoms with E-state index in [1.807, 2.05) is 34.6 Å². The number of amides is 6. The van der Waals surface area contributed by atoms with Crippen LogP contribution >= 0.6 is 46.4 Å². The lowest BCUT2D eigenvalue weighted by Crippen LogP contribution is -2.57. The van der Waals surface area contributed by atoms with Crippen LogP contribution < -0.4 is 32.3 Å². The Bertz CT molecular complexity index is 2590. The number of nitrogens with two attached hydrogens (primary N) is 1. The summed E-state index contributed by atoms with van der Waals surface area (Å²) in [5.41, 5.74) is 5.81. The Hall–Kier alpha value is -5.11. The average Bonchev–Trinajstić information content (AvgIpc) is 3.97. The summed E-state index contributed by atoms with van der Waals surface area (Å²) in [6, 6.07) is 4.78. The van der Waals surface area contributed by atoms with Crippen LogP contribution in [0.2, 0.25) is 20.1 Å². The van der Waals surface area contributed by atoms with E-state index in [9.17, 15) is 38.7 Å². The van der Waals surface area contributed by atoms with Gasteiger partial charge in [-0.3, -0.25) is 28.8 Å². The van der Waals surface area contributed by atoms with E-state index in [1.165, 1.54) is 13.2 Å². The lowest BCUT2D eigenvalue weighted by atomic mass is 9.82. The van der Waals surface area contributed by atoms with Gasteiger partial charge in [-0.15, -0.1) is 0 Å². The van der Waals surface area contributed by atoms with Crippen LogP contribution in [0.1, 0.15) is 107 Å². The van der Waals surface area contributed by atoms with Crippen LogP contribution in [0, 0.1) is 22.7 Å². The van der Waals surface area contributed by atoms with Crippen LogP contribution in [-0.2, 0) is 28.7 Å². The van der Waals surface area contributed by atoms with Crippen LogP contribution in [0.25, 0.3) is 21.8 Å². The molecular weight excluding hydrogens is 1000 g/mol. The Morgan fingerprint density at radius 2 is 1.27 bits per heavy atom. The number of nitrogens with zero attached hydrogens (tertiary/aromatic N) is 1. The average molecular weight is 1060 g/mol. The fraction of sp³-hybridized carbons (Fsp3) is 0.531. The smallest absolute Gasteiger partial charge is 0.328 e. The van der Waals surface area contributed by atoms with Crippen molar-refractivity contribution in [3.63, 3.8) is 0 Å². The highest BCUT2D eigenvalue weighted by atomic mass is 35.5. The van der Waals surface area contributed by atoms with Gasteiger partial charge >= 0.3 is 5.97 Å². The second kappa shape index (κ2) is 23.2. The van der Waals surface area contributed by atoms with Gasteiger partial charge in [0.15, 0.2) is 0 Å². The third-order valence-corrected chi connectivity index (χ3v) is 14.2. The minimum atomic E-state index is -1.57. The number of hydrogen-bond acceptors (Lipinski definition) is 10. The number of methoxy groups -OCH3 is 1. The molecule has 71 heavy (non-hydrogen) atoms. The molecule has 6 rings (SSSR count). The molecule has 2 saturated heterocycles. The molecule has 10 N–H and O–H groups in total. The molecule has 18 nitrogen and oxygen atoms in total. The Labute approximate surface area is 431 Å². The SMILES string of the molecule is COC(=O)[C@H](C[C@@H]1CCCNC1=O)NC(=O)[C@H](CC(C)(C)CN1CCC[C@@H](C[C@H](NC(=O)[C@H](CC(C)(C)C)NC(=O)c2cc3c(Cl)ccc(Cl)c3[nH]2)C(N)O)C1=O)NC(=O)c1cc2c(Cl)ccc(Cl)c2[nH]1. The molecule has 0 spiro atoms. The van der Waals surface area contributed by atoms with Gasteiger partial charge in [-0.05, 0) is 98.6 Å². The van der Waals surface area contributed by atoms with Gasteiger partial charge in [0.1, 0.15) is 35.7 Å².